The molecule has 1 rings (SSSR count). The van der Waals surface area contributed by atoms with E-state index in [2.05, 4.69) is 9.97 Å². The van der Waals surface area contributed by atoms with Gasteiger partial charge in [-0.1, -0.05) is 0 Å². The lowest BCUT2D eigenvalue weighted by molar-refractivity contribution is -0.116. The van der Waals surface area contributed by atoms with E-state index in [1.54, 1.807) is 6.92 Å². The molecular formula is C9H12N2O. The Morgan fingerprint density at radius 2 is 2.25 bits per heavy atom. The van der Waals surface area contributed by atoms with E-state index in [0.717, 1.165) is 17.8 Å². The van der Waals surface area contributed by atoms with Crippen molar-refractivity contribution in [3.05, 3.63) is 23.8 Å². The van der Waals surface area contributed by atoms with Gasteiger partial charge in [0.25, 0.3) is 0 Å². The Hall–Kier alpha value is -1.25. The first-order valence-electron chi connectivity index (χ1n) is 3.95. The summed E-state index contributed by atoms with van der Waals surface area (Å²) in [5, 5.41) is 0. The monoisotopic (exact) mass is 164 g/mol. The van der Waals surface area contributed by atoms with Crippen molar-refractivity contribution in [1.82, 2.24) is 9.97 Å². The van der Waals surface area contributed by atoms with Gasteiger partial charge in [0, 0.05) is 17.8 Å². The third kappa shape index (κ3) is 2.78. The Labute approximate surface area is 71.9 Å². The minimum absolute atomic E-state index is 0.200. The molecule has 0 bridgehead atoms. The van der Waals surface area contributed by atoms with Crippen molar-refractivity contribution in [2.75, 3.05) is 0 Å². The minimum Gasteiger partial charge on any atom is -0.300 e. The molecule has 0 amide bonds. The lowest BCUT2D eigenvalue weighted by Crippen LogP contribution is -1.97. The van der Waals surface area contributed by atoms with Crippen molar-refractivity contribution in [2.45, 2.75) is 26.7 Å². The number of ketones is 1. The number of Topliss-reactive ketones (excluding diaryl/α,β-unsaturated/α-hetero) is 1. The molecule has 1 heterocycles. The molecule has 64 valence electrons. The van der Waals surface area contributed by atoms with Crippen LogP contribution in [0.25, 0.3) is 0 Å². The quantitative estimate of drug-likeness (QED) is 0.676. The van der Waals surface area contributed by atoms with Crippen LogP contribution < -0.4 is 0 Å². The average molecular weight is 164 g/mol. The molecule has 12 heavy (non-hydrogen) atoms. The maximum Gasteiger partial charge on any atom is 0.130 e. The lowest BCUT2D eigenvalue weighted by atomic mass is 10.2. The second-order valence-electron chi connectivity index (χ2n) is 2.85. The average Bonchev–Trinajstić information content (AvgIpc) is 2.01. The topological polar surface area (TPSA) is 42.9 Å². The first-order valence-corrected chi connectivity index (χ1v) is 3.95. The van der Waals surface area contributed by atoms with Gasteiger partial charge >= 0.3 is 0 Å². The number of carbonyl (C=O) groups excluding carboxylic acids is 1. The summed E-state index contributed by atoms with van der Waals surface area (Å²) in [5.74, 6) is 0.200. The molecule has 0 aromatic carbocycles. The van der Waals surface area contributed by atoms with E-state index in [-0.39, 0.29) is 5.78 Å². The normalized spacial score (nSPS) is 9.83. The molecule has 0 aliphatic heterocycles. The van der Waals surface area contributed by atoms with Crippen molar-refractivity contribution >= 4 is 5.78 Å². The van der Waals surface area contributed by atoms with E-state index < -0.39 is 0 Å². The molecule has 0 spiro atoms. The molecule has 0 N–H and O–H groups in total. The van der Waals surface area contributed by atoms with E-state index in [1.165, 1.54) is 6.33 Å². The summed E-state index contributed by atoms with van der Waals surface area (Å²) >= 11 is 0. The number of hydrogen-bond acceptors (Lipinski definition) is 3. The summed E-state index contributed by atoms with van der Waals surface area (Å²) in [4.78, 5) is 18.7. The first-order chi connectivity index (χ1) is 5.68. The fourth-order valence-electron chi connectivity index (χ4n) is 0.951. The highest BCUT2D eigenvalue weighted by Gasteiger charge is 1.97. The molecule has 1 aromatic heterocycles. The van der Waals surface area contributed by atoms with Gasteiger partial charge < -0.3 is 4.79 Å². The molecule has 0 aliphatic carbocycles. The Bertz CT molecular complexity index is 284. The second kappa shape index (κ2) is 3.95. The Morgan fingerprint density at radius 1 is 1.50 bits per heavy atom. The standard InChI is InChI=1S/C9H12N2O/c1-7-5-9(11-6-10-7)4-3-8(2)12/h5-6H,3-4H2,1-2H3. The van der Waals surface area contributed by atoms with E-state index in [9.17, 15) is 4.79 Å². The predicted octanol–water partition coefficient (Wildman–Crippen LogP) is 1.31. The van der Waals surface area contributed by atoms with Gasteiger partial charge in [-0.15, -0.1) is 0 Å². The van der Waals surface area contributed by atoms with Crippen LogP contribution in [-0.4, -0.2) is 15.8 Å². The zero-order valence-corrected chi connectivity index (χ0v) is 7.37. The number of rotatable bonds is 3. The van der Waals surface area contributed by atoms with E-state index >= 15 is 0 Å². The van der Waals surface area contributed by atoms with Crippen molar-refractivity contribution in [1.29, 1.82) is 0 Å². The molecule has 0 unspecified atom stereocenters. The van der Waals surface area contributed by atoms with Gasteiger partial charge in [-0.25, -0.2) is 9.97 Å². The van der Waals surface area contributed by atoms with E-state index in [0.29, 0.717) is 6.42 Å². The van der Waals surface area contributed by atoms with Gasteiger partial charge in [-0.3, -0.25) is 0 Å². The maximum absolute atomic E-state index is 10.7. The summed E-state index contributed by atoms with van der Waals surface area (Å²) in [6, 6.07) is 1.91. The molecule has 0 saturated heterocycles. The molecule has 0 atom stereocenters. The Balaban J connectivity index is 2.57. The number of aromatic nitrogens is 2. The van der Waals surface area contributed by atoms with Crippen molar-refractivity contribution in [2.24, 2.45) is 0 Å². The van der Waals surface area contributed by atoms with Crippen LogP contribution in [0.15, 0.2) is 12.4 Å². The van der Waals surface area contributed by atoms with E-state index in [4.69, 9.17) is 0 Å². The molecule has 1 aromatic rings. The largest absolute Gasteiger partial charge is 0.300 e. The predicted molar refractivity (Wildman–Crippen MR) is 45.8 cm³/mol. The van der Waals surface area contributed by atoms with Crippen molar-refractivity contribution < 1.29 is 4.79 Å². The van der Waals surface area contributed by atoms with Gasteiger partial charge in [0.15, 0.2) is 0 Å². The van der Waals surface area contributed by atoms with Crippen LogP contribution >= 0.6 is 0 Å². The van der Waals surface area contributed by atoms with E-state index in [1.807, 2.05) is 13.0 Å². The van der Waals surface area contributed by atoms with Crippen molar-refractivity contribution in [3.63, 3.8) is 0 Å². The van der Waals surface area contributed by atoms with Crippen LogP contribution in [0.4, 0.5) is 0 Å². The molecule has 3 nitrogen and oxygen atoms in total. The second-order valence-corrected chi connectivity index (χ2v) is 2.85. The molecular weight excluding hydrogens is 152 g/mol. The number of nitrogens with zero attached hydrogens (tertiary/aromatic N) is 2. The zero-order chi connectivity index (χ0) is 8.97. The molecule has 0 saturated carbocycles. The highest BCUT2D eigenvalue weighted by Crippen LogP contribution is 2.00. The zero-order valence-electron chi connectivity index (χ0n) is 7.37. The highest BCUT2D eigenvalue weighted by atomic mass is 16.1. The third-order valence-electron chi connectivity index (χ3n) is 1.59. The minimum atomic E-state index is 0.200. The lowest BCUT2D eigenvalue weighted by Gasteiger charge is -1.97. The van der Waals surface area contributed by atoms with Crippen molar-refractivity contribution in [3.8, 4) is 0 Å². The SMILES string of the molecule is CC(=O)CCc1cc(C)ncn1. The van der Waals surface area contributed by atoms with Gasteiger partial charge in [-0.2, -0.15) is 0 Å². The Kier molecular flexibility index (Phi) is 2.91. The summed E-state index contributed by atoms with van der Waals surface area (Å²) in [6.07, 6.45) is 2.82. The molecule has 3 heteroatoms. The molecule has 0 aliphatic rings. The molecule has 0 radical (unpaired) electrons. The van der Waals surface area contributed by atoms with Gasteiger partial charge in [0.2, 0.25) is 0 Å². The summed E-state index contributed by atoms with van der Waals surface area (Å²) in [6.45, 7) is 3.51. The van der Waals surface area contributed by atoms with Gasteiger partial charge in [-0.05, 0) is 26.3 Å². The van der Waals surface area contributed by atoms with Crippen LogP contribution in [0.2, 0.25) is 0 Å². The highest BCUT2D eigenvalue weighted by molar-refractivity contribution is 5.75. The maximum atomic E-state index is 10.7. The number of hydrogen-bond donors (Lipinski definition) is 0. The van der Waals surface area contributed by atoms with Gasteiger partial charge in [0.1, 0.15) is 12.1 Å². The van der Waals surface area contributed by atoms with Gasteiger partial charge in [0.05, 0.1) is 0 Å². The third-order valence-corrected chi connectivity index (χ3v) is 1.59. The summed E-state index contributed by atoms with van der Waals surface area (Å²) in [7, 11) is 0. The van der Waals surface area contributed by atoms with Crippen LogP contribution in [0.1, 0.15) is 24.7 Å². The number of aryl methyl sites for hydroxylation is 2. The smallest absolute Gasteiger partial charge is 0.130 e. The number of carbonyl (C=O) groups is 1. The first kappa shape index (κ1) is 8.84. The van der Waals surface area contributed by atoms with Crippen LogP contribution in [0.5, 0.6) is 0 Å². The fraction of sp³-hybridized carbons (Fsp3) is 0.444. The Morgan fingerprint density at radius 3 is 2.83 bits per heavy atom. The summed E-state index contributed by atoms with van der Waals surface area (Å²) < 4.78 is 0. The molecule has 0 fully saturated rings. The van der Waals surface area contributed by atoms with Crippen LogP contribution in [0.3, 0.4) is 0 Å². The summed E-state index contributed by atoms with van der Waals surface area (Å²) in [5.41, 5.74) is 1.89. The fourth-order valence-corrected chi connectivity index (χ4v) is 0.951. The van der Waals surface area contributed by atoms with Crippen LogP contribution in [0, 0.1) is 6.92 Å². The van der Waals surface area contributed by atoms with Crippen LogP contribution in [-0.2, 0) is 11.2 Å².